The summed E-state index contributed by atoms with van der Waals surface area (Å²) in [6, 6.07) is 2.46. The van der Waals surface area contributed by atoms with Gasteiger partial charge in [-0.25, -0.2) is 8.78 Å². The van der Waals surface area contributed by atoms with Crippen molar-refractivity contribution in [3.63, 3.8) is 0 Å². The Kier molecular flexibility index (Phi) is 7.34. The van der Waals surface area contributed by atoms with Gasteiger partial charge in [-0.2, -0.15) is 4.99 Å². The summed E-state index contributed by atoms with van der Waals surface area (Å²) in [7, 11) is 0. The van der Waals surface area contributed by atoms with Crippen LogP contribution in [-0.4, -0.2) is 5.16 Å². The van der Waals surface area contributed by atoms with Crippen molar-refractivity contribution in [3.8, 4) is 11.8 Å². The number of rotatable bonds is 4. The standard InChI is InChI=1S/C26H31F2NS/c27-24-15-21(16-25(28)26(24)29-17-30)5-4-18-6-10-22(11-7-18)23-12-8-20(9-13-23)14-19-2-1-3-19/h15-16,18-20,22-23H,1-3,6-14H2. The first-order chi connectivity index (χ1) is 14.6. The molecular formula is C26H31F2NS. The van der Waals surface area contributed by atoms with Gasteiger partial charge in [0, 0.05) is 11.5 Å². The van der Waals surface area contributed by atoms with Crippen molar-refractivity contribution in [2.45, 2.75) is 77.0 Å². The lowest BCUT2D eigenvalue weighted by molar-refractivity contribution is 0.135. The molecule has 0 aromatic heterocycles. The summed E-state index contributed by atoms with van der Waals surface area (Å²) in [5.41, 5.74) is -0.0290. The smallest absolute Gasteiger partial charge is 0.153 e. The van der Waals surface area contributed by atoms with Crippen molar-refractivity contribution in [1.29, 1.82) is 0 Å². The van der Waals surface area contributed by atoms with E-state index in [9.17, 15) is 8.78 Å². The molecule has 30 heavy (non-hydrogen) atoms. The van der Waals surface area contributed by atoms with E-state index in [1.165, 1.54) is 76.3 Å². The minimum absolute atomic E-state index is 0.334. The molecule has 160 valence electrons. The molecule has 0 aliphatic heterocycles. The predicted octanol–water partition coefficient (Wildman–Crippen LogP) is 7.85. The summed E-state index contributed by atoms with van der Waals surface area (Å²) < 4.78 is 27.9. The molecule has 0 heterocycles. The normalized spacial score (nSPS) is 29.3. The summed E-state index contributed by atoms with van der Waals surface area (Å²) >= 11 is 4.43. The molecule has 4 heteroatoms. The lowest BCUT2D eigenvalue weighted by atomic mass is 9.67. The summed E-state index contributed by atoms with van der Waals surface area (Å²) in [6.07, 6.45) is 16.4. The molecule has 0 bridgehead atoms. The molecule has 0 amide bonds. The molecule has 1 aromatic carbocycles. The highest BCUT2D eigenvalue weighted by Gasteiger charge is 2.32. The van der Waals surface area contributed by atoms with E-state index in [0.717, 1.165) is 36.5 Å². The van der Waals surface area contributed by atoms with Crippen LogP contribution in [0.25, 0.3) is 0 Å². The quantitative estimate of drug-likeness (QED) is 0.271. The Morgan fingerprint density at radius 3 is 1.93 bits per heavy atom. The number of nitrogens with zero attached hydrogens (tertiary/aromatic N) is 1. The van der Waals surface area contributed by atoms with Crippen molar-refractivity contribution >= 4 is 23.1 Å². The second-order valence-corrected chi connectivity index (χ2v) is 9.87. The van der Waals surface area contributed by atoms with E-state index in [0.29, 0.717) is 11.5 Å². The highest BCUT2D eigenvalue weighted by molar-refractivity contribution is 7.78. The molecule has 0 spiro atoms. The highest BCUT2D eigenvalue weighted by atomic mass is 32.1. The Morgan fingerprint density at radius 2 is 1.40 bits per heavy atom. The number of aliphatic imine (C=N–C) groups is 1. The number of isothiocyanates is 1. The van der Waals surface area contributed by atoms with Gasteiger partial charge >= 0.3 is 0 Å². The predicted molar refractivity (Wildman–Crippen MR) is 121 cm³/mol. The molecule has 1 nitrogen and oxygen atoms in total. The van der Waals surface area contributed by atoms with Crippen LogP contribution in [0.4, 0.5) is 14.5 Å². The molecule has 0 unspecified atom stereocenters. The Morgan fingerprint density at radius 1 is 0.833 bits per heavy atom. The van der Waals surface area contributed by atoms with Gasteiger partial charge in [0.25, 0.3) is 0 Å². The summed E-state index contributed by atoms with van der Waals surface area (Å²) in [4.78, 5) is 3.44. The fourth-order valence-corrected chi connectivity index (χ4v) is 5.90. The van der Waals surface area contributed by atoms with Crippen LogP contribution in [-0.2, 0) is 0 Å². The van der Waals surface area contributed by atoms with Gasteiger partial charge in [-0.15, -0.1) is 0 Å². The third-order valence-electron chi connectivity index (χ3n) is 7.82. The van der Waals surface area contributed by atoms with Crippen molar-refractivity contribution in [2.75, 3.05) is 0 Å². The Bertz CT molecular complexity index is 821. The van der Waals surface area contributed by atoms with E-state index in [2.05, 4.69) is 29.1 Å². The molecule has 0 atom stereocenters. The molecule has 3 aliphatic carbocycles. The van der Waals surface area contributed by atoms with Gasteiger partial charge < -0.3 is 0 Å². The van der Waals surface area contributed by atoms with Crippen molar-refractivity contribution in [1.82, 2.24) is 0 Å². The van der Waals surface area contributed by atoms with Crippen LogP contribution in [0.1, 0.15) is 82.6 Å². The maximum atomic E-state index is 14.0. The van der Waals surface area contributed by atoms with E-state index in [1.807, 2.05) is 5.16 Å². The Balaban J connectivity index is 1.25. The average Bonchev–Trinajstić information content (AvgIpc) is 2.73. The van der Waals surface area contributed by atoms with Gasteiger partial charge in [-0.1, -0.05) is 43.9 Å². The zero-order chi connectivity index (χ0) is 20.9. The minimum atomic E-state index is -0.742. The van der Waals surface area contributed by atoms with Crippen LogP contribution in [0.3, 0.4) is 0 Å². The summed E-state index contributed by atoms with van der Waals surface area (Å²) in [6.45, 7) is 0. The van der Waals surface area contributed by atoms with Crippen LogP contribution in [0.2, 0.25) is 0 Å². The molecule has 3 saturated carbocycles. The van der Waals surface area contributed by atoms with Gasteiger partial charge in [0.05, 0.1) is 5.16 Å². The topological polar surface area (TPSA) is 12.4 Å². The minimum Gasteiger partial charge on any atom is -0.204 e. The molecule has 3 fully saturated rings. The molecule has 0 radical (unpaired) electrons. The SMILES string of the molecule is Fc1cc(C#CC2CCC(C3CCC(CC4CCC4)CC3)CC2)cc(F)c1N=C=S. The van der Waals surface area contributed by atoms with Crippen LogP contribution in [0.15, 0.2) is 17.1 Å². The maximum Gasteiger partial charge on any atom is 0.153 e. The maximum absolute atomic E-state index is 14.0. The second-order valence-electron chi connectivity index (χ2n) is 9.69. The lowest BCUT2D eigenvalue weighted by Crippen LogP contribution is -2.27. The third-order valence-corrected chi connectivity index (χ3v) is 7.91. The molecule has 0 N–H and O–H groups in total. The first kappa shape index (κ1) is 21.7. The van der Waals surface area contributed by atoms with Gasteiger partial charge in [-0.05, 0) is 93.0 Å². The van der Waals surface area contributed by atoms with E-state index in [1.54, 1.807) is 0 Å². The fraction of sp³-hybridized carbons (Fsp3) is 0.654. The number of hydrogen-bond acceptors (Lipinski definition) is 2. The van der Waals surface area contributed by atoms with Crippen LogP contribution < -0.4 is 0 Å². The highest BCUT2D eigenvalue weighted by Crippen LogP contribution is 2.44. The summed E-state index contributed by atoms with van der Waals surface area (Å²) in [5, 5.41) is 2.01. The lowest BCUT2D eigenvalue weighted by Gasteiger charge is -2.38. The largest absolute Gasteiger partial charge is 0.204 e. The molecule has 0 saturated heterocycles. The van der Waals surface area contributed by atoms with Gasteiger partial charge in [0.1, 0.15) is 5.69 Å². The molecule has 3 aliphatic rings. The monoisotopic (exact) mass is 427 g/mol. The fourth-order valence-electron chi connectivity index (χ4n) is 5.81. The zero-order valence-corrected chi connectivity index (χ0v) is 18.5. The van der Waals surface area contributed by atoms with Crippen LogP contribution in [0, 0.1) is 53.1 Å². The molecular weight excluding hydrogens is 396 g/mol. The van der Waals surface area contributed by atoms with Crippen LogP contribution in [0.5, 0.6) is 0 Å². The Labute approximate surface area is 184 Å². The first-order valence-electron chi connectivity index (χ1n) is 11.7. The molecule has 4 rings (SSSR count). The number of halogens is 2. The van der Waals surface area contributed by atoms with Crippen molar-refractivity contribution in [3.05, 3.63) is 29.3 Å². The number of benzene rings is 1. The van der Waals surface area contributed by atoms with Gasteiger partial charge in [0.2, 0.25) is 0 Å². The summed E-state index contributed by atoms with van der Waals surface area (Å²) in [5.74, 6) is 8.90. The number of hydrogen-bond donors (Lipinski definition) is 0. The van der Waals surface area contributed by atoms with Gasteiger partial charge in [0.15, 0.2) is 11.6 Å². The Hall–Kier alpha value is -1.56. The number of thiocarbonyl (C=S) groups is 1. The van der Waals surface area contributed by atoms with Gasteiger partial charge in [-0.3, -0.25) is 0 Å². The van der Waals surface area contributed by atoms with Crippen LogP contribution >= 0.6 is 12.2 Å². The van der Waals surface area contributed by atoms with E-state index in [4.69, 9.17) is 0 Å². The third kappa shape index (κ3) is 5.37. The second kappa shape index (κ2) is 10.2. The first-order valence-corrected chi connectivity index (χ1v) is 12.1. The zero-order valence-electron chi connectivity index (χ0n) is 17.6. The van der Waals surface area contributed by atoms with E-state index in [-0.39, 0.29) is 0 Å². The molecule has 1 aromatic rings. The average molecular weight is 428 g/mol. The van der Waals surface area contributed by atoms with Crippen molar-refractivity contribution < 1.29 is 8.78 Å². The van der Waals surface area contributed by atoms with Crippen molar-refractivity contribution in [2.24, 2.45) is 34.6 Å². The van der Waals surface area contributed by atoms with E-state index >= 15 is 0 Å². The van der Waals surface area contributed by atoms with E-state index < -0.39 is 17.3 Å².